The molecule has 1 fully saturated rings. The highest BCUT2D eigenvalue weighted by molar-refractivity contribution is 5.85. The van der Waals surface area contributed by atoms with Gasteiger partial charge in [0, 0.05) is 18.3 Å². The number of hydrogen-bond donors (Lipinski definition) is 1. The lowest BCUT2D eigenvalue weighted by Gasteiger charge is -2.30. The van der Waals surface area contributed by atoms with Crippen LogP contribution >= 0.6 is 0 Å². The van der Waals surface area contributed by atoms with Crippen molar-refractivity contribution in [1.29, 1.82) is 0 Å². The first-order valence-corrected chi connectivity index (χ1v) is 7.72. The molecular formula is C18H23NO. The maximum absolute atomic E-state index is 5.82. The molecule has 0 saturated carbocycles. The third-order valence-electron chi connectivity index (χ3n) is 4.10. The van der Waals surface area contributed by atoms with Gasteiger partial charge in [-0.05, 0) is 42.2 Å². The van der Waals surface area contributed by atoms with E-state index in [4.69, 9.17) is 4.74 Å². The monoisotopic (exact) mass is 269 g/mol. The smallest absolute Gasteiger partial charge is 0.0594 e. The first-order chi connectivity index (χ1) is 9.85. The van der Waals surface area contributed by atoms with Crippen molar-refractivity contribution in [2.45, 2.75) is 44.8 Å². The first-order valence-electron chi connectivity index (χ1n) is 7.72. The normalized spacial score (nSPS) is 22.9. The zero-order valence-electron chi connectivity index (χ0n) is 12.1. The van der Waals surface area contributed by atoms with E-state index in [1.807, 2.05) is 0 Å². The lowest BCUT2D eigenvalue weighted by Crippen LogP contribution is -2.33. The molecule has 2 heteroatoms. The van der Waals surface area contributed by atoms with Crippen molar-refractivity contribution in [3.05, 3.63) is 42.5 Å². The minimum atomic E-state index is 0.437. The van der Waals surface area contributed by atoms with Gasteiger partial charge in [-0.1, -0.05) is 43.7 Å². The number of nitrogens with one attached hydrogen (secondary N) is 1. The van der Waals surface area contributed by atoms with Gasteiger partial charge < -0.3 is 10.1 Å². The molecule has 1 aliphatic rings. The topological polar surface area (TPSA) is 21.3 Å². The summed E-state index contributed by atoms with van der Waals surface area (Å²) in [6.45, 7) is 3.11. The molecule has 1 heterocycles. The van der Waals surface area contributed by atoms with Gasteiger partial charge in [-0.2, -0.15) is 0 Å². The number of anilines is 1. The molecule has 1 saturated heterocycles. The van der Waals surface area contributed by atoms with Gasteiger partial charge >= 0.3 is 0 Å². The van der Waals surface area contributed by atoms with Gasteiger partial charge in [-0.3, -0.25) is 0 Å². The van der Waals surface area contributed by atoms with Crippen LogP contribution in [0.1, 0.15) is 32.6 Å². The van der Waals surface area contributed by atoms with E-state index in [0.29, 0.717) is 12.1 Å². The van der Waals surface area contributed by atoms with E-state index in [1.165, 1.54) is 29.3 Å². The average Bonchev–Trinajstić information content (AvgIpc) is 2.48. The fourth-order valence-electron chi connectivity index (χ4n) is 3.05. The Morgan fingerprint density at radius 3 is 2.85 bits per heavy atom. The Kier molecular flexibility index (Phi) is 4.22. The zero-order chi connectivity index (χ0) is 13.8. The molecule has 2 atom stereocenters. The zero-order valence-corrected chi connectivity index (χ0v) is 12.1. The molecule has 1 aliphatic heterocycles. The van der Waals surface area contributed by atoms with Crippen molar-refractivity contribution in [2.75, 3.05) is 11.9 Å². The molecule has 2 unspecified atom stereocenters. The second-order valence-corrected chi connectivity index (χ2v) is 5.71. The second-order valence-electron chi connectivity index (χ2n) is 5.71. The van der Waals surface area contributed by atoms with Crippen LogP contribution in [0.25, 0.3) is 10.8 Å². The predicted octanol–water partition coefficient (Wildman–Crippen LogP) is 4.60. The van der Waals surface area contributed by atoms with Crippen LogP contribution in [0.3, 0.4) is 0 Å². The van der Waals surface area contributed by atoms with E-state index in [9.17, 15) is 0 Å². The molecular weight excluding hydrogens is 246 g/mol. The molecule has 2 aromatic rings. The first kappa shape index (κ1) is 13.4. The van der Waals surface area contributed by atoms with Crippen molar-refractivity contribution >= 4 is 16.5 Å². The van der Waals surface area contributed by atoms with E-state index < -0.39 is 0 Å². The standard InChI is InChI=1S/C18H23NO/c1-2-5-18-13-17(10-11-20-18)19-16-9-8-14-6-3-4-7-15(14)12-16/h3-4,6-9,12,17-19H,2,5,10-11,13H2,1H3. The molecule has 0 amide bonds. The van der Waals surface area contributed by atoms with E-state index >= 15 is 0 Å². The van der Waals surface area contributed by atoms with Crippen molar-refractivity contribution in [3.8, 4) is 0 Å². The summed E-state index contributed by atoms with van der Waals surface area (Å²) in [6.07, 6.45) is 5.04. The Hall–Kier alpha value is -1.54. The van der Waals surface area contributed by atoms with Crippen molar-refractivity contribution in [3.63, 3.8) is 0 Å². The number of benzene rings is 2. The van der Waals surface area contributed by atoms with E-state index in [2.05, 4.69) is 54.7 Å². The molecule has 20 heavy (non-hydrogen) atoms. The quantitative estimate of drug-likeness (QED) is 0.876. The fourth-order valence-corrected chi connectivity index (χ4v) is 3.05. The van der Waals surface area contributed by atoms with Gasteiger partial charge in [0.05, 0.1) is 6.10 Å². The van der Waals surface area contributed by atoms with Crippen LogP contribution in [0.15, 0.2) is 42.5 Å². The molecule has 0 spiro atoms. The Morgan fingerprint density at radius 2 is 2.00 bits per heavy atom. The number of ether oxygens (including phenoxy) is 1. The molecule has 3 rings (SSSR count). The summed E-state index contributed by atoms with van der Waals surface area (Å²) < 4.78 is 5.82. The summed E-state index contributed by atoms with van der Waals surface area (Å²) in [6, 6.07) is 15.7. The average molecular weight is 269 g/mol. The minimum Gasteiger partial charge on any atom is -0.382 e. The van der Waals surface area contributed by atoms with Gasteiger partial charge in [0.25, 0.3) is 0 Å². The third-order valence-corrected chi connectivity index (χ3v) is 4.10. The molecule has 1 N–H and O–H groups in total. The van der Waals surface area contributed by atoms with Gasteiger partial charge in [-0.25, -0.2) is 0 Å². The molecule has 2 nitrogen and oxygen atoms in total. The van der Waals surface area contributed by atoms with Gasteiger partial charge in [-0.15, -0.1) is 0 Å². The van der Waals surface area contributed by atoms with Crippen molar-refractivity contribution < 1.29 is 4.74 Å². The molecule has 0 radical (unpaired) electrons. The predicted molar refractivity (Wildman–Crippen MR) is 85.2 cm³/mol. The second kappa shape index (κ2) is 6.27. The minimum absolute atomic E-state index is 0.437. The molecule has 0 aromatic heterocycles. The number of rotatable bonds is 4. The Balaban J connectivity index is 1.69. The molecule has 0 bridgehead atoms. The van der Waals surface area contributed by atoms with Crippen LogP contribution in [-0.4, -0.2) is 18.8 Å². The van der Waals surface area contributed by atoms with Crippen molar-refractivity contribution in [1.82, 2.24) is 0 Å². The van der Waals surface area contributed by atoms with Crippen LogP contribution in [0, 0.1) is 0 Å². The maximum atomic E-state index is 5.82. The van der Waals surface area contributed by atoms with Crippen LogP contribution < -0.4 is 5.32 Å². The SMILES string of the molecule is CCCC1CC(Nc2ccc3ccccc3c2)CCO1. The van der Waals surface area contributed by atoms with Crippen LogP contribution in [0.4, 0.5) is 5.69 Å². The molecule has 2 aromatic carbocycles. The lowest BCUT2D eigenvalue weighted by atomic mass is 9.99. The van der Waals surface area contributed by atoms with E-state index in [0.717, 1.165) is 19.4 Å². The number of hydrogen-bond acceptors (Lipinski definition) is 2. The third kappa shape index (κ3) is 3.13. The Labute approximate surface area is 121 Å². The molecule has 106 valence electrons. The largest absolute Gasteiger partial charge is 0.382 e. The summed E-state index contributed by atoms with van der Waals surface area (Å²) in [5.74, 6) is 0. The number of fused-ring (bicyclic) bond motifs is 1. The lowest BCUT2D eigenvalue weighted by molar-refractivity contribution is 0.00598. The summed E-state index contributed by atoms with van der Waals surface area (Å²) in [5, 5.41) is 6.28. The summed E-state index contributed by atoms with van der Waals surface area (Å²) >= 11 is 0. The van der Waals surface area contributed by atoms with E-state index in [1.54, 1.807) is 0 Å². The Bertz CT molecular complexity index is 564. The highest BCUT2D eigenvalue weighted by Crippen LogP contribution is 2.24. The Morgan fingerprint density at radius 1 is 1.15 bits per heavy atom. The van der Waals surface area contributed by atoms with Gasteiger partial charge in [0.15, 0.2) is 0 Å². The maximum Gasteiger partial charge on any atom is 0.0594 e. The van der Waals surface area contributed by atoms with Crippen LogP contribution in [-0.2, 0) is 4.74 Å². The summed E-state index contributed by atoms with van der Waals surface area (Å²) in [4.78, 5) is 0. The van der Waals surface area contributed by atoms with Crippen molar-refractivity contribution in [2.24, 2.45) is 0 Å². The van der Waals surface area contributed by atoms with Gasteiger partial charge in [0.1, 0.15) is 0 Å². The van der Waals surface area contributed by atoms with Crippen LogP contribution in [0.5, 0.6) is 0 Å². The van der Waals surface area contributed by atoms with Gasteiger partial charge in [0.2, 0.25) is 0 Å². The van der Waals surface area contributed by atoms with Crippen LogP contribution in [0.2, 0.25) is 0 Å². The van der Waals surface area contributed by atoms with E-state index in [-0.39, 0.29) is 0 Å². The highest BCUT2D eigenvalue weighted by atomic mass is 16.5. The molecule has 0 aliphatic carbocycles. The highest BCUT2D eigenvalue weighted by Gasteiger charge is 2.21. The summed E-state index contributed by atoms with van der Waals surface area (Å²) in [5.41, 5.74) is 1.23. The fraction of sp³-hybridized carbons (Fsp3) is 0.444. The summed E-state index contributed by atoms with van der Waals surface area (Å²) in [7, 11) is 0.